The SMILES string of the molecule is C[C@H](N)Cn1cnc2ccccc21. The van der Waals surface area contributed by atoms with Gasteiger partial charge in [-0.2, -0.15) is 0 Å². The first kappa shape index (κ1) is 8.26. The third-order valence-corrected chi connectivity index (χ3v) is 2.01. The van der Waals surface area contributed by atoms with E-state index in [1.54, 1.807) is 0 Å². The third kappa shape index (κ3) is 1.55. The first-order chi connectivity index (χ1) is 6.27. The highest BCUT2D eigenvalue weighted by atomic mass is 15.1. The fourth-order valence-corrected chi connectivity index (χ4v) is 1.47. The first-order valence-electron chi connectivity index (χ1n) is 4.43. The minimum Gasteiger partial charge on any atom is -0.329 e. The van der Waals surface area contributed by atoms with Gasteiger partial charge in [-0.15, -0.1) is 0 Å². The van der Waals surface area contributed by atoms with Crippen LogP contribution in [0, 0.1) is 0 Å². The van der Waals surface area contributed by atoms with Crippen LogP contribution in [0.5, 0.6) is 0 Å². The second-order valence-electron chi connectivity index (χ2n) is 3.36. The number of fused-ring (bicyclic) bond motifs is 1. The van der Waals surface area contributed by atoms with E-state index in [0.29, 0.717) is 0 Å². The Labute approximate surface area is 77.2 Å². The molecular weight excluding hydrogens is 162 g/mol. The van der Waals surface area contributed by atoms with Crippen molar-refractivity contribution in [1.82, 2.24) is 9.55 Å². The quantitative estimate of drug-likeness (QED) is 0.749. The van der Waals surface area contributed by atoms with Crippen molar-refractivity contribution < 1.29 is 0 Å². The number of para-hydroxylation sites is 2. The molecule has 2 aromatic rings. The number of aromatic nitrogens is 2. The summed E-state index contributed by atoms with van der Waals surface area (Å²) in [5.74, 6) is 0. The Hall–Kier alpha value is -1.35. The van der Waals surface area contributed by atoms with Gasteiger partial charge in [0.2, 0.25) is 0 Å². The predicted octanol–water partition coefficient (Wildman–Crippen LogP) is 1.38. The maximum atomic E-state index is 5.73. The van der Waals surface area contributed by atoms with Gasteiger partial charge in [-0.3, -0.25) is 0 Å². The smallest absolute Gasteiger partial charge is 0.0958 e. The molecule has 0 fully saturated rings. The average molecular weight is 175 g/mol. The Morgan fingerprint density at radius 1 is 1.46 bits per heavy atom. The molecule has 0 aliphatic carbocycles. The molecular formula is C10H13N3. The molecule has 2 N–H and O–H groups in total. The molecule has 0 saturated carbocycles. The lowest BCUT2D eigenvalue weighted by atomic mass is 10.3. The second kappa shape index (κ2) is 3.18. The minimum atomic E-state index is 0.164. The van der Waals surface area contributed by atoms with Crippen molar-refractivity contribution in [2.45, 2.75) is 19.5 Å². The van der Waals surface area contributed by atoms with Gasteiger partial charge in [-0.1, -0.05) is 12.1 Å². The fourth-order valence-electron chi connectivity index (χ4n) is 1.47. The molecule has 1 heterocycles. The molecule has 0 spiro atoms. The van der Waals surface area contributed by atoms with Crippen molar-refractivity contribution in [3.8, 4) is 0 Å². The van der Waals surface area contributed by atoms with Crippen molar-refractivity contribution in [2.75, 3.05) is 0 Å². The molecule has 0 amide bonds. The van der Waals surface area contributed by atoms with Gasteiger partial charge in [0.25, 0.3) is 0 Å². The fraction of sp³-hybridized carbons (Fsp3) is 0.300. The third-order valence-electron chi connectivity index (χ3n) is 2.01. The van der Waals surface area contributed by atoms with Crippen LogP contribution >= 0.6 is 0 Å². The van der Waals surface area contributed by atoms with Gasteiger partial charge in [-0.05, 0) is 19.1 Å². The van der Waals surface area contributed by atoms with Crippen LogP contribution in [0.1, 0.15) is 6.92 Å². The number of nitrogens with zero attached hydrogens (tertiary/aromatic N) is 2. The van der Waals surface area contributed by atoms with Crippen LogP contribution in [0.3, 0.4) is 0 Å². The van der Waals surface area contributed by atoms with Crippen LogP contribution in [0.2, 0.25) is 0 Å². The van der Waals surface area contributed by atoms with Crippen molar-refractivity contribution in [3.63, 3.8) is 0 Å². The van der Waals surface area contributed by atoms with E-state index in [4.69, 9.17) is 5.73 Å². The van der Waals surface area contributed by atoms with Crippen molar-refractivity contribution in [3.05, 3.63) is 30.6 Å². The summed E-state index contributed by atoms with van der Waals surface area (Å²) in [4.78, 5) is 4.28. The molecule has 13 heavy (non-hydrogen) atoms. The molecule has 0 radical (unpaired) electrons. The van der Waals surface area contributed by atoms with Gasteiger partial charge in [0.15, 0.2) is 0 Å². The lowest BCUT2D eigenvalue weighted by Gasteiger charge is -2.06. The highest BCUT2D eigenvalue weighted by molar-refractivity contribution is 5.74. The molecule has 1 aromatic carbocycles. The van der Waals surface area contributed by atoms with Gasteiger partial charge in [0.1, 0.15) is 0 Å². The zero-order valence-corrected chi connectivity index (χ0v) is 7.64. The molecule has 0 aliphatic heterocycles. The molecule has 1 atom stereocenters. The molecule has 0 unspecified atom stereocenters. The zero-order chi connectivity index (χ0) is 9.26. The van der Waals surface area contributed by atoms with Gasteiger partial charge >= 0.3 is 0 Å². The summed E-state index contributed by atoms with van der Waals surface area (Å²) >= 11 is 0. The Morgan fingerprint density at radius 3 is 3.00 bits per heavy atom. The summed E-state index contributed by atoms with van der Waals surface area (Å²) in [7, 11) is 0. The second-order valence-corrected chi connectivity index (χ2v) is 3.36. The van der Waals surface area contributed by atoms with Crippen LogP contribution in [0.4, 0.5) is 0 Å². The standard InChI is InChI=1S/C10H13N3/c1-8(11)6-13-7-12-9-4-2-3-5-10(9)13/h2-5,7-8H,6,11H2,1H3/t8-/m0/s1. The molecule has 3 nitrogen and oxygen atoms in total. The Kier molecular flexibility index (Phi) is 2.02. The summed E-state index contributed by atoms with van der Waals surface area (Å²) in [5, 5.41) is 0. The summed E-state index contributed by atoms with van der Waals surface area (Å²) in [6.45, 7) is 2.81. The largest absolute Gasteiger partial charge is 0.329 e. The Morgan fingerprint density at radius 2 is 2.23 bits per heavy atom. The lowest BCUT2D eigenvalue weighted by Crippen LogP contribution is -2.21. The summed E-state index contributed by atoms with van der Waals surface area (Å²) in [6, 6.07) is 8.24. The minimum absolute atomic E-state index is 0.164. The summed E-state index contributed by atoms with van der Waals surface area (Å²) in [5.41, 5.74) is 7.91. The van der Waals surface area contributed by atoms with E-state index in [-0.39, 0.29) is 6.04 Å². The molecule has 2 rings (SSSR count). The maximum Gasteiger partial charge on any atom is 0.0958 e. The van der Waals surface area contributed by atoms with Crippen molar-refractivity contribution >= 4 is 11.0 Å². The normalized spacial score (nSPS) is 13.4. The molecule has 1 aromatic heterocycles. The Bertz CT molecular complexity index is 403. The molecule has 0 aliphatic rings. The van der Waals surface area contributed by atoms with E-state index in [0.717, 1.165) is 17.6 Å². The summed E-state index contributed by atoms with van der Waals surface area (Å²) < 4.78 is 2.08. The average Bonchev–Trinajstić information content (AvgIpc) is 2.48. The van der Waals surface area contributed by atoms with E-state index in [1.807, 2.05) is 31.5 Å². The van der Waals surface area contributed by atoms with Crippen LogP contribution in [0.15, 0.2) is 30.6 Å². The topological polar surface area (TPSA) is 43.8 Å². The van der Waals surface area contributed by atoms with Gasteiger partial charge in [0.05, 0.1) is 17.4 Å². The van der Waals surface area contributed by atoms with Crippen molar-refractivity contribution in [2.24, 2.45) is 5.73 Å². The molecule has 3 heteroatoms. The number of hydrogen-bond donors (Lipinski definition) is 1. The van der Waals surface area contributed by atoms with Crippen LogP contribution < -0.4 is 5.73 Å². The van der Waals surface area contributed by atoms with E-state index >= 15 is 0 Å². The highest BCUT2D eigenvalue weighted by Gasteiger charge is 2.02. The van der Waals surface area contributed by atoms with E-state index in [2.05, 4.69) is 15.6 Å². The van der Waals surface area contributed by atoms with Gasteiger partial charge in [0, 0.05) is 12.6 Å². The van der Waals surface area contributed by atoms with Crippen LogP contribution in [-0.4, -0.2) is 15.6 Å². The lowest BCUT2D eigenvalue weighted by molar-refractivity contribution is 0.602. The number of benzene rings is 1. The van der Waals surface area contributed by atoms with Crippen molar-refractivity contribution in [1.29, 1.82) is 0 Å². The van der Waals surface area contributed by atoms with Crippen LogP contribution in [0.25, 0.3) is 11.0 Å². The monoisotopic (exact) mass is 175 g/mol. The number of nitrogens with two attached hydrogens (primary N) is 1. The zero-order valence-electron chi connectivity index (χ0n) is 7.64. The molecule has 68 valence electrons. The Balaban J connectivity index is 2.46. The maximum absolute atomic E-state index is 5.73. The number of rotatable bonds is 2. The predicted molar refractivity (Wildman–Crippen MR) is 53.4 cm³/mol. The number of imidazole rings is 1. The summed E-state index contributed by atoms with van der Waals surface area (Å²) in [6.07, 6.45) is 1.84. The first-order valence-corrected chi connectivity index (χ1v) is 4.43. The highest BCUT2D eigenvalue weighted by Crippen LogP contribution is 2.11. The number of hydrogen-bond acceptors (Lipinski definition) is 2. The molecule has 0 saturated heterocycles. The van der Waals surface area contributed by atoms with Gasteiger partial charge < -0.3 is 10.3 Å². The van der Waals surface area contributed by atoms with E-state index in [9.17, 15) is 0 Å². The van der Waals surface area contributed by atoms with Gasteiger partial charge in [-0.25, -0.2) is 4.98 Å². The molecule has 0 bridgehead atoms. The van der Waals surface area contributed by atoms with E-state index in [1.165, 1.54) is 0 Å². The van der Waals surface area contributed by atoms with Crippen LogP contribution in [-0.2, 0) is 6.54 Å². The van der Waals surface area contributed by atoms with E-state index < -0.39 is 0 Å².